The fourth-order valence-corrected chi connectivity index (χ4v) is 7.29. The number of aromatic nitrogens is 1. The third-order valence-electron chi connectivity index (χ3n) is 5.75. The number of rotatable bonds is 4. The number of thiophene rings is 1. The topological polar surface area (TPSA) is 59.5 Å². The highest BCUT2D eigenvalue weighted by molar-refractivity contribution is 7.92. The van der Waals surface area contributed by atoms with Gasteiger partial charge in [-0.2, -0.15) is 11.3 Å². The zero-order valence-electron chi connectivity index (χ0n) is 15.4. The fourth-order valence-electron chi connectivity index (χ4n) is 4.43. The van der Waals surface area contributed by atoms with E-state index < -0.39 is 9.84 Å². The van der Waals surface area contributed by atoms with E-state index in [0.717, 1.165) is 28.8 Å². The second-order valence-corrected chi connectivity index (χ2v) is 10.2. The molecule has 2 atom stereocenters. The Hall–Kier alpha value is -2.22. The summed E-state index contributed by atoms with van der Waals surface area (Å²) in [5, 5.41) is 3.77. The number of nitrogens with zero attached hydrogens (tertiary/aromatic N) is 2. The van der Waals surface area contributed by atoms with Crippen LogP contribution in [0.25, 0.3) is 11.1 Å². The van der Waals surface area contributed by atoms with E-state index in [2.05, 4.69) is 27.4 Å². The lowest BCUT2D eigenvalue weighted by atomic mass is 9.95. The lowest BCUT2D eigenvalue weighted by molar-refractivity contribution is 0.313. The van der Waals surface area contributed by atoms with E-state index in [4.69, 9.17) is 4.74 Å². The van der Waals surface area contributed by atoms with Gasteiger partial charge in [0.05, 0.1) is 17.3 Å². The Balaban J connectivity index is 1.47. The quantitative estimate of drug-likeness (QED) is 0.656. The number of hydrogen-bond acceptors (Lipinski definition) is 6. The van der Waals surface area contributed by atoms with Crippen LogP contribution in [0.3, 0.4) is 0 Å². The Labute approximate surface area is 168 Å². The fraction of sp³-hybridized carbons (Fsp3) is 0.286. The van der Waals surface area contributed by atoms with Crippen LogP contribution in [0.4, 0.5) is 0 Å². The molecule has 0 bridgehead atoms. The standard InChI is InChI=1S/C21H20N2O3S2/c1-26-21-15(3-2-7-22-21)10-23-11-18-17-9-14(16-6-8-27-13-16)4-5-19(17)28(24,25)20(18)12-23/h2-9,13,18,20H,10-12H2,1H3/t18-,20+/m1/s1. The number of likely N-dealkylation sites (tertiary alicyclic amines) is 1. The first-order valence-corrected chi connectivity index (χ1v) is 11.7. The number of ether oxygens (including phenoxy) is 1. The van der Waals surface area contributed by atoms with Crippen molar-refractivity contribution in [1.82, 2.24) is 9.88 Å². The molecule has 0 saturated carbocycles. The highest BCUT2D eigenvalue weighted by Crippen LogP contribution is 2.46. The zero-order chi connectivity index (χ0) is 19.3. The summed E-state index contributed by atoms with van der Waals surface area (Å²) in [5.74, 6) is 0.615. The third-order valence-corrected chi connectivity index (χ3v) is 8.69. The maximum atomic E-state index is 13.1. The van der Waals surface area contributed by atoms with E-state index in [9.17, 15) is 8.42 Å². The predicted molar refractivity (Wildman–Crippen MR) is 110 cm³/mol. The van der Waals surface area contributed by atoms with Crippen molar-refractivity contribution in [2.75, 3.05) is 20.2 Å². The summed E-state index contributed by atoms with van der Waals surface area (Å²) in [5.41, 5.74) is 4.18. The van der Waals surface area contributed by atoms with Crippen LogP contribution < -0.4 is 4.74 Å². The van der Waals surface area contributed by atoms with Gasteiger partial charge < -0.3 is 4.74 Å². The van der Waals surface area contributed by atoms with Crippen LogP contribution >= 0.6 is 11.3 Å². The van der Waals surface area contributed by atoms with Crippen LogP contribution in [0.15, 0.2) is 58.3 Å². The molecule has 0 spiro atoms. The first kappa shape index (κ1) is 17.8. The van der Waals surface area contributed by atoms with Gasteiger partial charge in [-0.05, 0) is 51.7 Å². The van der Waals surface area contributed by atoms with Crippen molar-refractivity contribution in [2.45, 2.75) is 22.6 Å². The number of pyridine rings is 1. The molecule has 4 heterocycles. The maximum Gasteiger partial charge on any atom is 0.217 e. The van der Waals surface area contributed by atoms with Crippen LogP contribution in [0.2, 0.25) is 0 Å². The third kappa shape index (κ3) is 2.77. The Bertz CT molecular complexity index is 1130. The summed E-state index contributed by atoms with van der Waals surface area (Å²) in [6, 6.07) is 11.7. The molecule has 2 aromatic heterocycles. The highest BCUT2D eigenvalue weighted by Gasteiger charge is 2.50. The van der Waals surface area contributed by atoms with Gasteiger partial charge in [0.1, 0.15) is 0 Å². The minimum absolute atomic E-state index is 0.0150. The average Bonchev–Trinajstić information content (AvgIpc) is 3.41. The van der Waals surface area contributed by atoms with Gasteiger partial charge in [0.2, 0.25) is 5.88 Å². The Morgan fingerprint density at radius 1 is 1.21 bits per heavy atom. The first-order chi connectivity index (χ1) is 13.6. The zero-order valence-corrected chi connectivity index (χ0v) is 17.0. The van der Waals surface area contributed by atoms with Crippen molar-refractivity contribution < 1.29 is 13.2 Å². The normalized spacial score (nSPS) is 22.8. The van der Waals surface area contributed by atoms with Crippen LogP contribution in [-0.4, -0.2) is 43.8 Å². The molecule has 7 heteroatoms. The summed E-state index contributed by atoms with van der Waals surface area (Å²) in [4.78, 5) is 6.96. The minimum atomic E-state index is -3.30. The summed E-state index contributed by atoms with van der Waals surface area (Å²) in [6.07, 6.45) is 1.70. The van der Waals surface area contributed by atoms with E-state index in [1.54, 1.807) is 30.7 Å². The van der Waals surface area contributed by atoms with Crippen molar-refractivity contribution in [3.05, 3.63) is 64.5 Å². The lowest BCUT2D eigenvalue weighted by Crippen LogP contribution is -2.26. The molecule has 3 aromatic rings. The van der Waals surface area contributed by atoms with E-state index in [0.29, 0.717) is 23.9 Å². The average molecular weight is 413 g/mol. The van der Waals surface area contributed by atoms with Crippen molar-refractivity contribution in [1.29, 1.82) is 0 Å². The monoisotopic (exact) mass is 412 g/mol. The number of hydrogen-bond donors (Lipinski definition) is 0. The van der Waals surface area contributed by atoms with Crippen LogP contribution in [0.1, 0.15) is 17.0 Å². The summed E-state index contributed by atoms with van der Waals surface area (Å²) in [7, 11) is -1.69. The number of fused-ring (bicyclic) bond motifs is 3. The highest BCUT2D eigenvalue weighted by atomic mass is 32.2. The molecule has 2 aliphatic rings. The van der Waals surface area contributed by atoms with Gasteiger partial charge in [0.15, 0.2) is 9.84 Å². The van der Waals surface area contributed by atoms with Gasteiger partial charge in [-0.15, -0.1) is 0 Å². The minimum Gasteiger partial charge on any atom is -0.481 e. The second-order valence-electron chi connectivity index (χ2n) is 7.32. The van der Waals surface area contributed by atoms with Crippen molar-refractivity contribution in [3.8, 4) is 17.0 Å². The van der Waals surface area contributed by atoms with Crippen LogP contribution in [0.5, 0.6) is 5.88 Å². The molecule has 0 radical (unpaired) electrons. The number of benzene rings is 1. The van der Waals surface area contributed by atoms with Crippen molar-refractivity contribution in [2.24, 2.45) is 0 Å². The van der Waals surface area contributed by atoms with Gasteiger partial charge in [-0.25, -0.2) is 13.4 Å². The molecule has 5 nitrogen and oxygen atoms in total. The number of methoxy groups -OCH3 is 1. The molecule has 0 amide bonds. The van der Waals surface area contributed by atoms with Crippen LogP contribution in [-0.2, 0) is 16.4 Å². The van der Waals surface area contributed by atoms with E-state index in [-0.39, 0.29) is 11.2 Å². The molecule has 5 rings (SSSR count). The second kappa shape index (κ2) is 6.69. The van der Waals surface area contributed by atoms with Crippen molar-refractivity contribution in [3.63, 3.8) is 0 Å². The Morgan fingerprint density at radius 3 is 2.89 bits per heavy atom. The largest absolute Gasteiger partial charge is 0.481 e. The lowest BCUT2D eigenvalue weighted by Gasteiger charge is -2.18. The summed E-state index contributed by atoms with van der Waals surface area (Å²) in [6.45, 7) is 1.90. The van der Waals surface area contributed by atoms with Gasteiger partial charge >= 0.3 is 0 Å². The molecule has 1 fully saturated rings. The Kier molecular flexibility index (Phi) is 4.26. The van der Waals surface area contributed by atoms with E-state index in [1.165, 1.54) is 0 Å². The molecule has 0 aliphatic carbocycles. The van der Waals surface area contributed by atoms with E-state index >= 15 is 0 Å². The van der Waals surface area contributed by atoms with Crippen molar-refractivity contribution >= 4 is 21.2 Å². The molecule has 1 saturated heterocycles. The molecule has 0 unspecified atom stereocenters. The SMILES string of the molecule is COc1ncccc1CN1C[C@@H]2c3cc(-c4ccsc4)ccc3S(=O)(=O)[C@H]2C1. The molecule has 1 aromatic carbocycles. The predicted octanol–water partition coefficient (Wildman–Crippen LogP) is 3.57. The molecular formula is C21H20N2O3S2. The van der Waals surface area contributed by atoms with Gasteiger partial charge in [0.25, 0.3) is 0 Å². The first-order valence-electron chi connectivity index (χ1n) is 9.18. The van der Waals surface area contributed by atoms with Gasteiger partial charge in [-0.1, -0.05) is 12.1 Å². The molecule has 28 heavy (non-hydrogen) atoms. The van der Waals surface area contributed by atoms with E-state index in [1.807, 2.05) is 23.6 Å². The van der Waals surface area contributed by atoms with Crippen LogP contribution in [0, 0.1) is 0 Å². The maximum absolute atomic E-state index is 13.1. The Morgan fingerprint density at radius 2 is 2.11 bits per heavy atom. The van der Waals surface area contributed by atoms with Gasteiger partial charge in [-0.3, -0.25) is 4.90 Å². The smallest absolute Gasteiger partial charge is 0.217 e. The summed E-state index contributed by atoms with van der Waals surface area (Å²) >= 11 is 1.65. The molecule has 0 N–H and O–H groups in total. The van der Waals surface area contributed by atoms with Gasteiger partial charge in [0, 0.05) is 37.3 Å². The molecule has 2 aliphatic heterocycles. The molecule has 144 valence electrons. The molecular weight excluding hydrogens is 392 g/mol. The number of sulfone groups is 1. The summed E-state index contributed by atoms with van der Waals surface area (Å²) < 4.78 is 31.6.